The molecule has 1 fully saturated rings. The minimum atomic E-state index is -0.148. The number of nitrogens with zero attached hydrogens (tertiary/aromatic N) is 1. The number of esters is 1. The van der Waals surface area contributed by atoms with Gasteiger partial charge in [-0.25, -0.2) is 0 Å². The van der Waals surface area contributed by atoms with Crippen LogP contribution in [0.25, 0.3) is 0 Å². The first-order chi connectivity index (χ1) is 8.04. The van der Waals surface area contributed by atoms with Gasteiger partial charge in [-0.1, -0.05) is 0 Å². The van der Waals surface area contributed by atoms with E-state index in [4.69, 9.17) is 10.5 Å². The van der Waals surface area contributed by atoms with Gasteiger partial charge in [0.25, 0.3) is 0 Å². The molecule has 0 atom stereocenters. The molecule has 0 aromatic rings. The second kappa shape index (κ2) is 6.27. The Morgan fingerprint density at radius 3 is 2.47 bits per heavy atom. The summed E-state index contributed by atoms with van der Waals surface area (Å²) in [6.45, 7) is 5.07. The van der Waals surface area contributed by atoms with Gasteiger partial charge >= 0.3 is 5.97 Å². The third-order valence-electron chi connectivity index (χ3n) is 2.78. The van der Waals surface area contributed by atoms with Crippen molar-refractivity contribution < 1.29 is 14.3 Å². The molecule has 0 unspecified atom stereocenters. The highest BCUT2D eigenvalue weighted by atomic mass is 16.5. The molecule has 5 heteroatoms. The predicted molar refractivity (Wildman–Crippen MR) is 63.9 cm³/mol. The van der Waals surface area contributed by atoms with E-state index in [2.05, 4.69) is 0 Å². The van der Waals surface area contributed by atoms with Crippen LogP contribution in [0.15, 0.2) is 11.8 Å². The van der Waals surface area contributed by atoms with Crippen LogP contribution in [0.4, 0.5) is 0 Å². The van der Waals surface area contributed by atoms with Crippen molar-refractivity contribution in [3.05, 3.63) is 11.8 Å². The Morgan fingerprint density at radius 1 is 1.41 bits per heavy atom. The van der Waals surface area contributed by atoms with Gasteiger partial charge in [-0.2, -0.15) is 0 Å². The van der Waals surface area contributed by atoms with Crippen LogP contribution in [0.2, 0.25) is 0 Å². The van der Waals surface area contributed by atoms with Gasteiger partial charge in [0.1, 0.15) is 0 Å². The van der Waals surface area contributed by atoms with Crippen LogP contribution in [-0.4, -0.2) is 36.5 Å². The Hall–Kier alpha value is -1.52. The summed E-state index contributed by atoms with van der Waals surface area (Å²) in [6, 6.07) is 0. The van der Waals surface area contributed by atoms with Crippen LogP contribution in [0, 0.1) is 5.92 Å². The number of nitrogens with two attached hydrogens (primary N) is 1. The average Bonchev–Trinajstić information content (AvgIpc) is 2.28. The Bertz CT molecular complexity index is 314. The van der Waals surface area contributed by atoms with Crippen molar-refractivity contribution in [1.82, 2.24) is 4.90 Å². The third kappa shape index (κ3) is 4.09. The van der Waals surface area contributed by atoms with Crippen molar-refractivity contribution >= 4 is 11.9 Å². The zero-order valence-electron chi connectivity index (χ0n) is 10.4. The number of carbonyl (C=O) groups is 2. The number of allylic oxidation sites excluding steroid dienone is 1. The Morgan fingerprint density at radius 2 is 2.00 bits per heavy atom. The summed E-state index contributed by atoms with van der Waals surface area (Å²) in [5, 5.41) is 0. The number of rotatable bonds is 3. The van der Waals surface area contributed by atoms with E-state index >= 15 is 0 Å². The van der Waals surface area contributed by atoms with Crippen molar-refractivity contribution in [3.8, 4) is 0 Å². The summed E-state index contributed by atoms with van der Waals surface area (Å²) >= 11 is 0. The van der Waals surface area contributed by atoms with Crippen molar-refractivity contribution in [2.24, 2.45) is 11.7 Å². The van der Waals surface area contributed by atoms with Crippen molar-refractivity contribution in [2.75, 3.05) is 19.7 Å². The molecule has 17 heavy (non-hydrogen) atoms. The summed E-state index contributed by atoms with van der Waals surface area (Å²) in [6.07, 6.45) is 2.76. The molecule has 1 rings (SSSR count). The fraction of sp³-hybridized carbons (Fsp3) is 0.667. The molecule has 0 radical (unpaired) electrons. The van der Waals surface area contributed by atoms with Gasteiger partial charge in [-0.05, 0) is 26.7 Å². The molecule has 1 amide bonds. The van der Waals surface area contributed by atoms with E-state index in [9.17, 15) is 9.59 Å². The number of carbonyl (C=O) groups excluding carboxylic acids is 2. The minimum absolute atomic E-state index is 0.0676. The summed E-state index contributed by atoms with van der Waals surface area (Å²) in [7, 11) is 0. The lowest BCUT2D eigenvalue weighted by Gasteiger charge is -2.30. The summed E-state index contributed by atoms with van der Waals surface area (Å²) in [5.41, 5.74) is 5.96. The van der Waals surface area contributed by atoms with Gasteiger partial charge in [-0.15, -0.1) is 0 Å². The third-order valence-corrected chi connectivity index (χ3v) is 2.78. The molecule has 0 spiro atoms. The van der Waals surface area contributed by atoms with Crippen molar-refractivity contribution in [3.63, 3.8) is 0 Å². The molecule has 1 aliphatic rings. The molecule has 5 nitrogen and oxygen atoms in total. The van der Waals surface area contributed by atoms with Crippen LogP contribution < -0.4 is 5.73 Å². The monoisotopic (exact) mass is 240 g/mol. The van der Waals surface area contributed by atoms with Crippen LogP contribution >= 0.6 is 0 Å². The first kappa shape index (κ1) is 13.5. The average molecular weight is 240 g/mol. The zero-order valence-corrected chi connectivity index (χ0v) is 10.4. The SMILES string of the molecule is CCOC(=O)C1CCN(C(=O)C=C(C)N)CC1. The molecular weight excluding hydrogens is 220 g/mol. The maximum Gasteiger partial charge on any atom is 0.309 e. The number of hydrogen-bond donors (Lipinski definition) is 1. The van der Waals surface area contributed by atoms with Gasteiger partial charge in [-0.3, -0.25) is 9.59 Å². The van der Waals surface area contributed by atoms with E-state index in [0.29, 0.717) is 38.2 Å². The van der Waals surface area contributed by atoms with Crippen LogP contribution in [0.3, 0.4) is 0 Å². The molecular formula is C12H20N2O3. The molecule has 0 aromatic carbocycles. The quantitative estimate of drug-likeness (QED) is 0.580. The van der Waals surface area contributed by atoms with E-state index < -0.39 is 0 Å². The maximum absolute atomic E-state index is 11.7. The topological polar surface area (TPSA) is 72.6 Å². The van der Waals surface area contributed by atoms with Crippen molar-refractivity contribution in [2.45, 2.75) is 26.7 Å². The molecule has 0 aromatic heterocycles. The molecule has 0 aliphatic carbocycles. The zero-order chi connectivity index (χ0) is 12.8. The van der Waals surface area contributed by atoms with Crippen LogP contribution in [-0.2, 0) is 14.3 Å². The van der Waals surface area contributed by atoms with Crippen LogP contribution in [0.5, 0.6) is 0 Å². The molecule has 1 aliphatic heterocycles. The highest BCUT2D eigenvalue weighted by Crippen LogP contribution is 2.18. The fourth-order valence-corrected chi connectivity index (χ4v) is 1.88. The molecule has 2 N–H and O–H groups in total. The highest BCUT2D eigenvalue weighted by molar-refractivity contribution is 5.88. The first-order valence-electron chi connectivity index (χ1n) is 5.94. The number of piperidine rings is 1. The molecule has 1 saturated heterocycles. The van der Waals surface area contributed by atoms with E-state index in [1.807, 2.05) is 0 Å². The Kier molecular flexibility index (Phi) is 5.00. The number of amides is 1. The molecule has 1 heterocycles. The molecule has 0 bridgehead atoms. The number of hydrogen-bond acceptors (Lipinski definition) is 4. The van der Waals surface area contributed by atoms with Crippen molar-refractivity contribution in [1.29, 1.82) is 0 Å². The Labute approximate surface area is 102 Å². The summed E-state index contributed by atoms with van der Waals surface area (Å²) in [5.74, 6) is -0.292. The van der Waals surface area contributed by atoms with Gasteiger partial charge in [0.05, 0.1) is 12.5 Å². The number of ether oxygens (including phenoxy) is 1. The lowest BCUT2D eigenvalue weighted by molar-refractivity contribution is -0.150. The van der Waals surface area contributed by atoms with E-state index in [-0.39, 0.29) is 17.8 Å². The standard InChI is InChI=1S/C12H20N2O3/c1-3-17-12(16)10-4-6-14(7-5-10)11(15)8-9(2)13/h8,10H,3-7,13H2,1-2H3. The van der Waals surface area contributed by atoms with E-state index in [1.54, 1.807) is 18.7 Å². The van der Waals surface area contributed by atoms with Gasteiger partial charge in [0.15, 0.2) is 0 Å². The number of likely N-dealkylation sites (tertiary alicyclic amines) is 1. The highest BCUT2D eigenvalue weighted by Gasteiger charge is 2.27. The maximum atomic E-state index is 11.7. The Balaban J connectivity index is 2.43. The van der Waals surface area contributed by atoms with Gasteiger partial charge in [0.2, 0.25) is 5.91 Å². The fourth-order valence-electron chi connectivity index (χ4n) is 1.88. The summed E-state index contributed by atoms with van der Waals surface area (Å²) < 4.78 is 4.97. The largest absolute Gasteiger partial charge is 0.466 e. The molecule has 0 saturated carbocycles. The molecule has 96 valence electrons. The van der Waals surface area contributed by atoms with E-state index in [1.165, 1.54) is 6.08 Å². The smallest absolute Gasteiger partial charge is 0.309 e. The minimum Gasteiger partial charge on any atom is -0.466 e. The van der Waals surface area contributed by atoms with E-state index in [0.717, 1.165) is 0 Å². The first-order valence-corrected chi connectivity index (χ1v) is 5.94. The summed E-state index contributed by atoms with van der Waals surface area (Å²) in [4.78, 5) is 24.9. The lowest BCUT2D eigenvalue weighted by Crippen LogP contribution is -2.40. The second-order valence-electron chi connectivity index (χ2n) is 4.24. The van der Waals surface area contributed by atoms with Gasteiger partial charge in [0, 0.05) is 24.9 Å². The lowest BCUT2D eigenvalue weighted by atomic mass is 9.97. The normalized spacial score (nSPS) is 18.0. The second-order valence-corrected chi connectivity index (χ2v) is 4.24. The van der Waals surface area contributed by atoms with Gasteiger partial charge < -0.3 is 15.4 Å². The van der Waals surface area contributed by atoms with Crippen LogP contribution in [0.1, 0.15) is 26.7 Å². The predicted octanol–water partition coefficient (Wildman–Crippen LogP) is 0.651.